The van der Waals surface area contributed by atoms with Crippen molar-refractivity contribution in [3.8, 4) is 0 Å². The fourth-order valence-corrected chi connectivity index (χ4v) is 1.53. The average Bonchev–Trinajstić information content (AvgIpc) is 2.75. The summed E-state index contributed by atoms with van der Waals surface area (Å²) in [5.41, 5.74) is 0.869. The first kappa shape index (κ1) is 13.5. The van der Waals surface area contributed by atoms with Crippen molar-refractivity contribution in [2.75, 3.05) is 0 Å². The van der Waals surface area contributed by atoms with Gasteiger partial charge in [0.1, 0.15) is 5.82 Å². The van der Waals surface area contributed by atoms with Gasteiger partial charge in [0.25, 0.3) is 0 Å². The monoisotopic (exact) mass is 275 g/mol. The highest BCUT2D eigenvalue weighted by molar-refractivity contribution is 5.19. The van der Waals surface area contributed by atoms with Crippen LogP contribution in [0.1, 0.15) is 23.2 Å². The zero-order valence-electron chi connectivity index (χ0n) is 9.45. The van der Waals surface area contributed by atoms with Crippen molar-refractivity contribution >= 4 is 0 Å². The van der Waals surface area contributed by atoms with Gasteiger partial charge in [0.2, 0.25) is 12.1 Å². The van der Waals surface area contributed by atoms with Crippen LogP contribution in [0.4, 0.5) is 17.6 Å². The zero-order chi connectivity index (χ0) is 14.0. The first-order valence-electron chi connectivity index (χ1n) is 5.25. The molecule has 0 saturated heterocycles. The lowest BCUT2D eigenvalue weighted by molar-refractivity contribution is -0.209. The number of pyridine rings is 1. The highest BCUT2D eigenvalue weighted by Gasteiger charge is 2.41. The van der Waals surface area contributed by atoms with Gasteiger partial charge in [0.15, 0.2) is 0 Å². The number of H-pyrrole nitrogens is 1. The van der Waals surface area contributed by atoms with Crippen molar-refractivity contribution in [2.45, 2.75) is 18.7 Å². The maximum Gasteiger partial charge on any atom is 0.421 e. The molecule has 102 valence electrons. The summed E-state index contributed by atoms with van der Waals surface area (Å²) in [5.74, 6) is -1.26. The third-order valence-corrected chi connectivity index (χ3v) is 2.40. The lowest BCUT2D eigenvalue weighted by Crippen LogP contribution is -2.21. The van der Waals surface area contributed by atoms with E-state index < -0.39 is 24.1 Å². The predicted molar refractivity (Wildman–Crippen MR) is 56.6 cm³/mol. The van der Waals surface area contributed by atoms with Gasteiger partial charge in [0, 0.05) is 24.5 Å². The molecule has 0 unspecified atom stereocenters. The minimum atomic E-state index is -4.78. The van der Waals surface area contributed by atoms with Crippen molar-refractivity contribution in [1.82, 2.24) is 15.0 Å². The smallest absolute Gasteiger partial charge is 0.377 e. The first-order chi connectivity index (χ1) is 8.86. The van der Waals surface area contributed by atoms with Gasteiger partial charge in [-0.25, -0.2) is 9.97 Å². The Labute approximate surface area is 105 Å². The summed E-state index contributed by atoms with van der Waals surface area (Å²) >= 11 is 0. The molecule has 4 nitrogen and oxygen atoms in total. The number of hydrogen-bond acceptors (Lipinski definition) is 3. The van der Waals surface area contributed by atoms with Crippen molar-refractivity contribution in [1.29, 1.82) is 0 Å². The van der Waals surface area contributed by atoms with Crippen LogP contribution in [0.3, 0.4) is 0 Å². The molecule has 0 aliphatic heterocycles. The van der Waals surface area contributed by atoms with Crippen molar-refractivity contribution in [2.24, 2.45) is 0 Å². The molecule has 0 aromatic carbocycles. The van der Waals surface area contributed by atoms with Gasteiger partial charge in [-0.15, -0.1) is 0 Å². The van der Waals surface area contributed by atoms with Gasteiger partial charge in [-0.2, -0.15) is 17.6 Å². The molecular weight excluding hydrogens is 266 g/mol. The zero-order valence-corrected chi connectivity index (χ0v) is 9.45. The van der Waals surface area contributed by atoms with E-state index in [0.717, 1.165) is 0 Å². The maximum atomic E-state index is 12.8. The molecule has 0 fully saturated rings. The van der Waals surface area contributed by atoms with E-state index in [9.17, 15) is 17.6 Å². The van der Waals surface area contributed by atoms with E-state index in [0.29, 0.717) is 11.3 Å². The average molecular weight is 275 g/mol. The van der Waals surface area contributed by atoms with E-state index in [1.807, 2.05) is 0 Å². The second-order valence-corrected chi connectivity index (χ2v) is 3.90. The van der Waals surface area contributed by atoms with Gasteiger partial charge < -0.3 is 10.1 Å². The van der Waals surface area contributed by atoms with Crippen LogP contribution in [-0.2, 0) is 6.42 Å². The summed E-state index contributed by atoms with van der Waals surface area (Å²) in [6, 6.07) is 2.70. The van der Waals surface area contributed by atoms with E-state index >= 15 is 0 Å². The molecule has 0 bridgehead atoms. The van der Waals surface area contributed by atoms with Crippen LogP contribution in [0.2, 0.25) is 0 Å². The van der Waals surface area contributed by atoms with Gasteiger partial charge in [-0.1, -0.05) is 0 Å². The molecule has 2 heterocycles. The SMILES string of the molecule is O[C@H](c1ncc(Cc2ccnc(F)c2)[nH]1)C(F)(F)F. The number of hydrogen-bond donors (Lipinski definition) is 2. The number of aliphatic hydroxyl groups excluding tert-OH is 1. The van der Waals surface area contributed by atoms with Crippen LogP contribution in [0.25, 0.3) is 0 Å². The lowest BCUT2D eigenvalue weighted by Gasteiger charge is -2.11. The van der Waals surface area contributed by atoms with E-state index in [1.165, 1.54) is 24.5 Å². The Balaban J connectivity index is 2.14. The fourth-order valence-electron chi connectivity index (χ4n) is 1.53. The topological polar surface area (TPSA) is 61.8 Å². The Morgan fingerprint density at radius 2 is 2.05 bits per heavy atom. The number of rotatable bonds is 3. The molecule has 0 spiro atoms. The Bertz CT molecular complexity index is 567. The summed E-state index contributed by atoms with van der Waals surface area (Å²) in [5, 5.41) is 8.99. The molecular formula is C11H9F4N3O. The van der Waals surface area contributed by atoms with E-state index in [-0.39, 0.29) is 6.42 Å². The minimum Gasteiger partial charge on any atom is -0.377 e. The summed E-state index contributed by atoms with van der Waals surface area (Å²) in [6.45, 7) is 0. The highest BCUT2D eigenvalue weighted by Crippen LogP contribution is 2.30. The minimum absolute atomic E-state index is 0.164. The number of imidazole rings is 1. The number of aromatic amines is 1. The standard InChI is InChI=1S/C11H9F4N3O/c12-8-4-6(1-2-16-8)3-7-5-17-10(18-7)9(19)11(13,14)15/h1-2,4-5,9,19H,3H2,(H,17,18)/t9-/m1/s1. The normalized spacial score (nSPS) is 13.5. The summed E-state index contributed by atoms with van der Waals surface area (Å²) in [7, 11) is 0. The molecule has 0 amide bonds. The third kappa shape index (κ3) is 3.28. The molecule has 2 aromatic rings. The molecule has 19 heavy (non-hydrogen) atoms. The van der Waals surface area contributed by atoms with Gasteiger partial charge in [-0.3, -0.25) is 0 Å². The molecule has 1 atom stereocenters. The molecule has 0 saturated carbocycles. The van der Waals surface area contributed by atoms with Gasteiger partial charge in [-0.05, 0) is 17.7 Å². The van der Waals surface area contributed by atoms with Crippen molar-refractivity contribution in [3.63, 3.8) is 0 Å². The van der Waals surface area contributed by atoms with Crippen LogP contribution in [0, 0.1) is 5.95 Å². The molecule has 0 radical (unpaired) electrons. The summed E-state index contributed by atoms with van der Waals surface area (Å²) < 4.78 is 49.6. The number of aromatic nitrogens is 3. The number of halogens is 4. The fraction of sp³-hybridized carbons (Fsp3) is 0.273. The van der Waals surface area contributed by atoms with E-state index in [4.69, 9.17) is 5.11 Å². The van der Waals surface area contributed by atoms with Crippen molar-refractivity contribution in [3.05, 3.63) is 47.6 Å². The Hall–Kier alpha value is -1.96. The summed E-state index contributed by atoms with van der Waals surface area (Å²) in [6.07, 6.45) is -4.85. The quantitative estimate of drug-likeness (QED) is 0.666. The lowest BCUT2D eigenvalue weighted by atomic mass is 10.1. The molecule has 0 aliphatic rings. The number of nitrogens with one attached hydrogen (secondary N) is 1. The summed E-state index contributed by atoms with van der Waals surface area (Å²) in [4.78, 5) is 9.20. The van der Waals surface area contributed by atoms with Crippen LogP contribution < -0.4 is 0 Å². The van der Waals surface area contributed by atoms with Gasteiger partial charge >= 0.3 is 6.18 Å². The number of aliphatic hydroxyl groups is 1. The first-order valence-corrected chi connectivity index (χ1v) is 5.25. The predicted octanol–water partition coefficient (Wildman–Crippen LogP) is 2.13. The molecule has 8 heteroatoms. The second kappa shape index (κ2) is 4.96. The van der Waals surface area contributed by atoms with E-state index in [2.05, 4.69) is 15.0 Å². The van der Waals surface area contributed by atoms with Crippen LogP contribution in [-0.4, -0.2) is 26.2 Å². The van der Waals surface area contributed by atoms with E-state index in [1.54, 1.807) is 0 Å². The third-order valence-electron chi connectivity index (χ3n) is 2.40. The van der Waals surface area contributed by atoms with Crippen LogP contribution in [0.5, 0.6) is 0 Å². The Morgan fingerprint density at radius 1 is 1.32 bits per heavy atom. The Kier molecular flexibility index (Phi) is 3.52. The number of alkyl halides is 3. The van der Waals surface area contributed by atoms with Gasteiger partial charge in [0.05, 0.1) is 0 Å². The highest BCUT2D eigenvalue weighted by atomic mass is 19.4. The number of nitrogens with zero attached hydrogens (tertiary/aromatic N) is 2. The van der Waals surface area contributed by atoms with Crippen molar-refractivity contribution < 1.29 is 22.7 Å². The molecule has 2 rings (SSSR count). The second-order valence-electron chi connectivity index (χ2n) is 3.90. The molecule has 2 aromatic heterocycles. The largest absolute Gasteiger partial charge is 0.421 e. The van der Waals surface area contributed by atoms with Crippen LogP contribution in [0.15, 0.2) is 24.5 Å². The maximum absolute atomic E-state index is 12.8. The Morgan fingerprint density at radius 3 is 2.68 bits per heavy atom. The molecule has 0 aliphatic carbocycles. The molecule has 2 N–H and O–H groups in total. The van der Waals surface area contributed by atoms with Crippen LogP contribution >= 0.6 is 0 Å².